The van der Waals surface area contributed by atoms with Crippen LogP contribution >= 0.6 is 0 Å². The zero-order chi connectivity index (χ0) is 13.9. The van der Waals surface area contributed by atoms with Crippen LogP contribution in [0.3, 0.4) is 0 Å². The highest BCUT2D eigenvalue weighted by Gasteiger charge is 2.06. The molecule has 20 heavy (non-hydrogen) atoms. The molecule has 0 aromatic carbocycles. The van der Waals surface area contributed by atoms with Crippen molar-refractivity contribution in [3.05, 3.63) is 54.0 Å². The van der Waals surface area contributed by atoms with Gasteiger partial charge in [-0.1, -0.05) is 0 Å². The van der Waals surface area contributed by atoms with Crippen LogP contribution in [0.4, 0.5) is 0 Å². The molecule has 3 heterocycles. The van der Waals surface area contributed by atoms with Crippen molar-refractivity contribution in [3.8, 4) is 0 Å². The van der Waals surface area contributed by atoms with E-state index in [4.69, 9.17) is 4.74 Å². The van der Waals surface area contributed by atoms with Crippen LogP contribution in [0.15, 0.2) is 37.1 Å². The van der Waals surface area contributed by atoms with Crippen LogP contribution in [-0.4, -0.2) is 26.6 Å². The van der Waals surface area contributed by atoms with Crippen molar-refractivity contribution in [2.24, 2.45) is 0 Å². The Morgan fingerprint density at radius 2 is 2.00 bits per heavy atom. The normalized spacial score (nSPS) is 11.1. The molecule has 0 bridgehead atoms. The van der Waals surface area contributed by atoms with E-state index < -0.39 is 0 Å². The zero-order valence-corrected chi connectivity index (χ0v) is 11.6. The third-order valence-corrected chi connectivity index (χ3v) is 3.27. The molecule has 0 aliphatic heterocycles. The van der Waals surface area contributed by atoms with Crippen molar-refractivity contribution in [3.63, 3.8) is 0 Å². The number of hydrogen-bond donors (Lipinski definition) is 0. The fourth-order valence-corrected chi connectivity index (χ4v) is 2.31. The summed E-state index contributed by atoms with van der Waals surface area (Å²) in [4.78, 5) is 12.8. The molecule has 0 fully saturated rings. The molecule has 3 aromatic rings. The van der Waals surface area contributed by atoms with Gasteiger partial charge in [-0.3, -0.25) is 4.98 Å². The first-order valence-corrected chi connectivity index (χ1v) is 6.46. The second-order valence-corrected chi connectivity index (χ2v) is 4.77. The van der Waals surface area contributed by atoms with Crippen molar-refractivity contribution in [1.82, 2.24) is 19.5 Å². The fraction of sp³-hybridized carbons (Fsp3) is 0.267. The fourth-order valence-electron chi connectivity index (χ4n) is 2.31. The Kier molecular flexibility index (Phi) is 3.43. The number of fused-ring (bicyclic) bond motifs is 1. The van der Waals surface area contributed by atoms with E-state index in [1.807, 2.05) is 30.9 Å². The molecule has 0 aliphatic carbocycles. The largest absolute Gasteiger partial charge is 0.377 e. The Morgan fingerprint density at radius 3 is 2.75 bits per heavy atom. The minimum absolute atomic E-state index is 0.442. The Balaban J connectivity index is 1.89. The number of rotatable bonds is 4. The molecule has 5 nitrogen and oxygen atoms in total. The summed E-state index contributed by atoms with van der Waals surface area (Å²) in [5.41, 5.74) is 3.47. The third kappa shape index (κ3) is 2.40. The molecular formula is C15H16N4O. The van der Waals surface area contributed by atoms with Gasteiger partial charge in [-0.15, -0.1) is 0 Å². The van der Waals surface area contributed by atoms with Crippen molar-refractivity contribution in [1.29, 1.82) is 0 Å². The number of methoxy groups -OCH3 is 1. The van der Waals surface area contributed by atoms with E-state index in [-0.39, 0.29) is 0 Å². The van der Waals surface area contributed by atoms with E-state index in [9.17, 15) is 0 Å². The summed E-state index contributed by atoms with van der Waals surface area (Å²) in [5.74, 6) is 0.703. The maximum atomic E-state index is 5.01. The quantitative estimate of drug-likeness (QED) is 0.728. The van der Waals surface area contributed by atoms with E-state index in [2.05, 4.69) is 32.6 Å². The number of aryl methyl sites for hydroxylation is 1. The third-order valence-electron chi connectivity index (χ3n) is 3.27. The Labute approximate surface area is 117 Å². The number of pyridine rings is 1. The Morgan fingerprint density at radius 1 is 1.20 bits per heavy atom. The van der Waals surface area contributed by atoms with Gasteiger partial charge in [0, 0.05) is 49.0 Å². The molecule has 3 aromatic heterocycles. The van der Waals surface area contributed by atoms with Crippen molar-refractivity contribution >= 4 is 10.9 Å². The molecule has 0 atom stereocenters. The first kappa shape index (κ1) is 12.7. The Bertz CT molecular complexity index is 718. The van der Waals surface area contributed by atoms with Gasteiger partial charge < -0.3 is 9.30 Å². The predicted molar refractivity (Wildman–Crippen MR) is 76.3 cm³/mol. The van der Waals surface area contributed by atoms with Crippen LogP contribution in [0.2, 0.25) is 0 Å². The number of aromatic nitrogens is 4. The first-order chi connectivity index (χ1) is 9.78. The molecule has 102 valence electrons. The summed E-state index contributed by atoms with van der Waals surface area (Å²) in [6.07, 6.45) is 9.55. The predicted octanol–water partition coefficient (Wildman–Crippen LogP) is 2.33. The average Bonchev–Trinajstić information content (AvgIpc) is 2.79. The summed E-state index contributed by atoms with van der Waals surface area (Å²) in [6, 6.07) is 2.03. The maximum Gasteiger partial charge on any atom is 0.153 e. The molecule has 0 spiro atoms. The van der Waals surface area contributed by atoms with Gasteiger partial charge in [0.05, 0.1) is 12.1 Å². The van der Waals surface area contributed by atoms with Crippen LogP contribution < -0.4 is 0 Å². The molecule has 0 saturated heterocycles. The van der Waals surface area contributed by atoms with Gasteiger partial charge in [0.15, 0.2) is 5.82 Å². The van der Waals surface area contributed by atoms with E-state index >= 15 is 0 Å². The molecule has 3 rings (SSSR count). The summed E-state index contributed by atoms with van der Waals surface area (Å²) in [6.45, 7) is 3.29. The van der Waals surface area contributed by atoms with Gasteiger partial charge in [-0.25, -0.2) is 9.97 Å². The van der Waals surface area contributed by atoms with Gasteiger partial charge in [0.1, 0.15) is 6.61 Å². The highest BCUT2D eigenvalue weighted by atomic mass is 16.5. The summed E-state index contributed by atoms with van der Waals surface area (Å²) in [5, 5.41) is 1.18. The molecule has 0 radical (unpaired) electrons. The molecule has 0 aliphatic rings. The number of nitrogens with zero attached hydrogens (tertiary/aromatic N) is 4. The lowest BCUT2D eigenvalue weighted by atomic mass is 10.2. The van der Waals surface area contributed by atoms with E-state index in [0.29, 0.717) is 12.4 Å². The highest BCUT2D eigenvalue weighted by molar-refractivity contribution is 5.82. The van der Waals surface area contributed by atoms with Crippen LogP contribution in [0.1, 0.15) is 17.0 Å². The molecular weight excluding hydrogens is 252 g/mol. The highest BCUT2D eigenvalue weighted by Crippen LogP contribution is 2.20. The lowest BCUT2D eigenvalue weighted by molar-refractivity contribution is 0.177. The molecule has 0 N–H and O–H groups in total. The van der Waals surface area contributed by atoms with Crippen molar-refractivity contribution in [2.75, 3.05) is 7.11 Å². The van der Waals surface area contributed by atoms with Crippen LogP contribution in [0.5, 0.6) is 0 Å². The lowest BCUT2D eigenvalue weighted by Crippen LogP contribution is -2.02. The summed E-state index contributed by atoms with van der Waals surface area (Å²) < 4.78 is 7.21. The summed E-state index contributed by atoms with van der Waals surface area (Å²) in [7, 11) is 1.64. The van der Waals surface area contributed by atoms with E-state index in [0.717, 1.165) is 12.1 Å². The standard InChI is InChI=1S/C15H16N4O/c1-11-8-19(14-3-4-16-7-13(11)14)9-12-5-17-15(10-20-2)18-6-12/h3-8H,9-10H2,1-2H3. The van der Waals surface area contributed by atoms with Gasteiger partial charge >= 0.3 is 0 Å². The Hall–Kier alpha value is -2.27. The smallest absolute Gasteiger partial charge is 0.153 e. The van der Waals surface area contributed by atoms with Gasteiger partial charge in [0.25, 0.3) is 0 Å². The van der Waals surface area contributed by atoms with Gasteiger partial charge in [-0.05, 0) is 18.6 Å². The summed E-state index contributed by atoms with van der Waals surface area (Å²) >= 11 is 0. The lowest BCUT2D eigenvalue weighted by Gasteiger charge is -2.05. The zero-order valence-electron chi connectivity index (χ0n) is 11.6. The van der Waals surface area contributed by atoms with Gasteiger partial charge in [-0.2, -0.15) is 0 Å². The molecule has 0 saturated carbocycles. The topological polar surface area (TPSA) is 52.8 Å². The average molecular weight is 268 g/mol. The first-order valence-electron chi connectivity index (χ1n) is 6.46. The van der Waals surface area contributed by atoms with Crippen LogP contribution in [0.25, 0.3) is 10.9 Å². The minimum Gasteiger partial charge on any atom is -0.377 e. The molecule has 0 amide bonds. The van der Waals surface area contributed by atoms with E-state index in [1.54, 1.807) is 7.11 Å². The molecule has 5 heteroatoms. The van der Waals surface area contributed by atoms with E-state index in [1.165, 1.54) is 16.5 Å². The van der Waals surface area contributed by atoms with Crippen LogP contribution in [-0.2, 0) is 17.9 Å². The van der Waals surface area contributed by atoms with Gasteiger partial charge in [0.2, 0.25) is 0 Å². The van der Waals surface area contributed by atoms with Crippen molar-refractivity contribution < 1.29 is 4.74 Å². The molecule has 0 unspecified atom stereocenters. The monoisotopic (exact) mass is 268 g/mol. The number of hydrogen-bond acceptors (Lipinski definition) is 4. The van der Waals surface area contributed by atoms with Crippen molar-refractivity contribution in [2.45, 2.75) is 20.1 Å². The number of ether oxygens (including phenoxy) is 1. The van der Waals surface area contributed by atoms with Crippen LogP contribution in [0, 0.1) is 6.92 Å². The second kappa shape index (κ2) is 5.38. The SMILES string of the molecule is COCc1ncc(Cn2cc(C)c3cnccc32)cn1. The minimum atomic E-state index is 0.442. The maximum absolute atomic E-state index is 5.01. The second-order valence-electron chi connectivity index (χ2n) is 4.77.